The molecule has 0 spiro atoms. The van der Waals surface area contributed by atoms with Crippen LogP contribution < -0.4 is 5.32 Å². The van der Waals surface area contributed by atoms with E-state index in [9.17, 15) is 4.79 Å². The predicted molar refractivity (Wildman–Crippen MR) is 109 cm³/mol. The Kier molecular flexibility index (Phi) is 7.71. The maximum absolute atomic E-state index is 12.6. The summed E-state index contributed by atoms with van der Waals surface area (Å²) in [5.74, 6) is 0.0329. The Bertz CT molecular complexity index is 598. The number of carbonyl (C=O) groups excluding carboxylic acids is 1. The van der Waals surface area contributed by atoms with Crippen LogP contribution in [-0.4, -0.2) is 35.6 Å². The van der Waals surface area contributed by atoms with Crippen LogP contribution in [0.1, 0.15) is 76.3 Å². The molecule has 2 atom stereocenters. The smallest absolute Gasteiger partial charge is 0.249 e. The first-order chi connectivity index (χ1) is 13.2. The summed E-state index contributed by atoms with van der Waals surface area (Å²) in [6.07, 6.45) is 9.26. The molecule has 1 heterocycles. The van der Waals surface area contributed by atoms with Gasteiger partial charge in [0.2, 0.25) is 5.91 Å². The molecule has 2 unspecified atom stereocenters. The van der Waals surface area contributed by atoms with Crippen molar-refractivity contribution < 1.29 is 9.53 Å². The highest BCUT2D eigenvalue weighted by Crippen LogP contribution is 2.23. The first-order valence-corrected chi connectivity index (χ1v) is 10.9. The molecular formula is C23H36N2O2. The zero-order valence-corrected chi connectivity index (χ0v) is 17.1. The van der Waals surface area contributed by atoms with E-state index >= 15 is 0 Å². The predicted octanol–water partition coefficient (Wildman–Crippen LogP) is 4.42. The van der Waals surface area contributed by atoms with Crippen molar-refractivity contribution in [1.29, 1.82) is 0 Å². The molecule has 4 heteroatoms. The quantitative estimate of drug-likeness (QED) is 0.735. The topological polar surface area (TPSA) is 41.6 Å². The highest BCUT2D eigenvalue weighted by atomic mass is 16.5. The molecule has 0 aromatic heterocycles. The lowest BCUT2D eigenvalue weighted by Crippen LogP contribution is -2.38. The van der Waals surface area contributed by atoms with E-state index in [4.69, 9.17) is 4.74 Å². The van der Waals surface area contributed by atoms with Crippen molar-refractivity contribution in [2.45, 2.75) is 96.6 Å². The van der Waals surface area contributed by atoms with Crippen molar-refractivity contribution in [3.63, 3.8) is 0 Å². The SMILES string of the molecule is CCC(OC1CCCC1)C(=O)NCc1ccccc1CN1CCCCC1C. The van der Waals surface area contributed by atoms with Crippen LogP contribution in [0.5, 0.6) is 0 Å². The molecule has 1 saturated carbocycles. The van der Waals surface area contributed by atoms with Crippen molar-refractivity contribution >= 4 is 5.91 Å². The molecule has 1 aliphatic carbocycles. The minimum atomic E-state index is -0.317. The molecule has 27 heavy (non-hydrogen) atoms. The Morgan fingerprint density at radius 3 is 2.56 bits per heavy atom. The fourth-order valence-corrected chi connectivity index (χ4v) is 4.39. The third-order valence-corrected chi connectivity index (χ3v) is 6.21. The van der Waals surface area contributed by atoms with Gasteiger partial charge in [0.25, 0.3) is 0 Å². The van der Waals surface area contributed by atoms with Gasteiger partial charge in [0, 0.05) is 19.1 Å². The fraction of sp³-hybridized carbons (Fsp3) is 0.696. The van der Waals surface area contributed by atoms with Gasteiger partial charge in [-0.3, -0.25) is 9.69 Å². The molecule has 3 rings (SSSR count). The minimum Gasteiger partial charge on any atom is -0.365 e. The molecule has 2 fully saturated rings. The molecule has 0 bridgehead atoms. The van der Waals surface area contributed by atoms with E-state index < -0.39 is 0 Å². The Labute approximate surface area is 164 Å². The maximum Gasteiger partial charge on any atom is 0.249 e. The van der Waals surface area contributed by atoms with Crippen LogP contribution in [0.3, 0.4) is 0 Å². The van der Waals surface area contributed by atoms with Crippen LogP contribution in [0.4, 0.5) is 0 Å². The molecule has 1 aromatic carbocycles. The second-order valence-corrected chi connectivity index (χ2v) is 8.24. The minimum absolute atomic E-state index is 0.0329. The number of amides is 1. The molecule has 1 aromatic rings. The first-order valence-electron chi connectivity index (χ1n) is 10.9. The van der Waals surface area contributed by atoms with Crippen LogP contribution in [-0.2, 0) is 22.6 Å². The number of carbonyl (C=O) groups is 1. The molecule has 1 amide bonds. The summed E-state index contributed by atoms with van der Waals surface area (Å²) >= 11 is 0. The van der Waals surface area contributed by atoms with Crippen molar-refractivity contribution in [2.24, 2.45) is 0 Å². The zero-order chi connectivity index (χ0) is 19.1. The Morgan fingerprint density at radius 1 is 1.15 bits per heavy atom. The van der Waals surface area contributed by atoms with Crippen molar-refractivity contribution in [1.82, 2.24) is 10.2 Å². The van der Waals surface area contributed by atoms with Gasteiger partial charge in [-0.15, -0.1) is 0 Å². The summed E-state index contributed by atoms with van der Waals surface area (Å²) in [5, 5.41) is 3.13. The highest BCUT2D eigenvalue weighted by Gasteiger charge is 2.24. The van der Waals surface area contributed by atoms with Gasteiger partial charge in [-0.1, -0.05) is 50.5 Å². The van der Waals surface area contributed by atoms with Gasteiger partial charge in [0.1, 0.15) is 6.10 Å². The number of ether oxygens (including phenoxy) is 1. The molecule has 0 radical (unpaired) electrons. The zero-order valence-electron chi connectivity index (χ0n) is 17.1. The summed E-state index contributed by atoms with van der Waals surface area (Å²) in [6.45, 7) is 7.10. The van der Waals surface area contributed by atoms with Crippen LogP contribution in [0.2, 0.25) is 0 Å². The van der Waals surface area contributed by atoms with Crippen LogP contribution >= 0.6 is 0 Å². The van der Waals surface area contributed by atoms with E-state index in [0.717, 1.165) is 25.8 Å². The molecule has 4 nitrogen and oxygen atoms in total. The second-order valence-electron chi connectivity index (χ2n) is 8.24. The van der Waals surface area contributed by atoms with Gasteiger partial charge >= 0.3 is 0 Å². The standard InChI is InChI=1S/C23H36N2O2/c1-3-22(27-21-13-6-7-14-21)23(26)24-16-19-11-4-5-12-20(19)17-25-15-9-8-10-18(25)2/h4-5,11-12,18,21-22H,3,6-10,13-17H2,1-2H3,(H,24,26). The number of piperidine rings is 1. The third-order valence-electron chi connectivity index (χ3n) is 6.21. The van der Waals surface area contributed by atoms with E-state index in [1.54, 1.807) is 0 Å². The third kappa shape index (κ3) is 5.79. The summed E-state index contributed by atoms with van der Waals surface area (Å²) < 4.78 is 6.06. The van der Waals surface area contributed by atoms with Crippen molar-refractivity contribution in [3.8, 4) is 0 Å². The number of benzene rings is 1. The number of rotatable bonds is 8. The number of nitrogens with zero attached hydrogens (tertiary/aromatic N) is 1. The van der Waals surface area contributed by atoms with Crippen molar-refractivity contribution in [3.05, 3.63) is 35.4 Å². The summed E-state index contributed by atoms with van der Waals surface area (Å²) in [6, 6.07) is 9.16. The van der Waals surface area contributed by atoms with E-state index in [0.29, 0.717) is 12.6 Å². The monoisotopic (exact) mass is 372 g/mol. The lowest BCUT2D eigenvalue weighted by molar-refractivity contribution is -0.137. The van der Waals surface area contributed by atoms with Crippen molar-refractivity contribution in [2.75, 3.05) is 6.54 Å². The number of likely N-dealkylation sites (tertiary alicyclic amines) is 1. The Morgan fingerprint density at radius 2 is 1.85 bits per heavy atom. The average molecular weight is 373 g/mol. The van der Waals surface area contributed by atoms with Crippen LogP contribution in [0, 0.1) is 0 Å². The Hall–Kier alpha value is -1.39. The molecular weight excluding hydrogens is 336 g/mol. The average Bonchev–Trinajstić information content (AvgIpc) is 3.20. The molecule has 1 saturated heterocycles. The number of hydrogen-bond acceptors (Lipinski definition) is 3. The molecule has 2 aliphatic rings. The second kappa shape index (κ2) is 10.2. The lowest BCUT2D eigenvalue weighted by atomic mass is 10.0. The van der Waals surface area contributed by atoms with Gasteiger partial charge in [0.05, 0.1) is 6.10 Å². The van der Waals surface area contributed by atoms with Gasteiger partial charge in [-0.05, 0) is 56.7 Å². The summed E-state index contributed by atoms with van der Waals surface area (Å²) in [5.41, 5.74) is 2.55. The Balaban J connectivity index is 1.55. The van der Waals surface area contributed by atoms with E-state index in [2.05, 4.69) is 41.4 Å². The molecule has 150 valence electrons. The van der Waals surface area contributed by atoms with Gasteiger partial charge in [0.15, 0.2) is 0 Å². The first kappa shape index (κ1) is 20.3. The largest absolute Gasteiger partial charge is 0.365 e. The number of nitrogens with one attached hydrogen (secondary N) is 1. The van der Waals surface area contributed by atoms with Gasteiger partial charge in [-0.2, -0.15) is 0 Å². The summed E-state index contributed by atoms with van der Waals surface area (Å²) in [7, 11) is 0. The molecule has 1 aliphatic heterocycles. The van der Waals surface area contributed by atoms with E-state index in [1.165, 1.54) is 49.8 Å². The van der Waals surface area contributed by atoms with Gasteiger partial charge in [-0.25, -0.2) is 0 Å². The normalized spacial score (nSPS) is 22.7. The van der Waals surface area contributed by atoms with E-state index in [1.807, 2.05) is 6.92 Å². The maximum atomic E-state index is 12.6. The lowest BCUT2D eigenvalue weighted by Gasteiger charge is -2.33. The fourth-order valence-electron chi connectivity index (χ4n) is 4.39. The van der Waals surface area contributed by atoms with E-state index in [-0.39, 0.29) is 18.1 Å². The van der Waals surface area contributed by atoms with Crippen LogP contribution in [0.15, 0.2) is 24.3 Å². The van der Waals surface area contributed by atoms with Crippen LogP contribution in [0.25, 0.3) is 0 Å². The summed E-state index contributed by atoms with van der Waals surface area (Å²) in [4.78, 5) is 15.2. The highest BCUT2D eigenvalue weighted by molar-refractivity contribution is 5.80. The number of hydrogen-bond donors (Lipinski definition) is 1. The molecule has 1 N–H and O–H groups in total. The van der Waals surface area contributed by atoms with Gasteiger partial charge < -0.3 is 10.1 Å².